The Labute approximate surface area is 163 Å². The molecule has 1 aromatic rings. The number of para-hydroxylation sites is 1. The van der Waals surface area contributed by atoms with Crippen molar-refractivity contribution in [2.75, 3.05) is 13.2 Å². The molecule has 2 fully saturated rings. The molecule has 3 rings (SSSR count). The number of carbonyl (C=O) groups excluding carboxylic acids is 3. The Morgan fingerprint density at radius 1 is 1.21 bits per heavy atom. The van der Waals surface area contributed by atoms with Crippen LogP contribution in [0.4, 0.5) is 0 Å². The maximum Gasteiger partial charge on any atom is 0.342 e. The summed E-state index contributed by atoms with van der Waals surface area (Å²) in [6, 6.07) is 6.12. The van der Waals surface area contributed by atoms with Gasteiger partial charge < -0.3 is 14.2 Å². The van der Waals surface area contributed by atoms with Crippen molar-refractivity contribution in [2.24, 2.45) is 0 Å². The Kier molecular flexibility index (Phi) is 5.45. The lowest BCUT2D eigenvalue weighted by molar-refractivity contribution is -0.289. The van der Waals surface area contributed by atoms with Crippen molar-refractivity contribution >= 4 is 17.9 Å². The third-order valence-corrected chi connectivity index (χ3v) is 4.81. The summed E-state index contributed by atoms with van der Waals surface area (Å²) in [5, 5.41) is 1.61. The van der Waals surface area contributed by atoms with Gasteiger partial charge in [0.05, 0.1) is 18.2 Å². The molecule has 2 aliphatic rings. The molecule has 2 heterocycles. The number of hydroxylamine groups is 2. The van der Waals surface area contributed by atoms with E-state index in [1.807, 2.05) is 13.8 Å². The Morgan fingerprint density at radius 2 is 1.93 bits per heavy atom. The number of carbonyl (C=O) groups is 3. The Bertz CT molecular complexity index is 791. The SMILES string of the molecule is CCOC(=O)C12CC(COC(=O)c3ccccc3OC(C)=O)N1OC(C)(C)C2. The highest BCUT2D eigenvalue weighted by atomic mass is 16.7. The molecule has 28 heavy (non-hydrogen) atoms. The van der Waals surface area contributed by atoms with Gasteiger partial charge in [-0.1, -0.05) is 12.1 Å². The van der Waals surface area contributed by atoms with Gasteiger partial charge in [0.2, 0.25) is 0 Å². The Balaban J connectivity index is 1.66. The van der Waals surface area contributed by atoms with Crippen LogP contribution in [0.2, 0.25) is 0 Å². The second kappa shape index (κ2) is 7.52. The number of benzene rings is 1. The highest BCUT2D eigenvalue weighted by Crippen LogP contribution is 2.51. The van der Waals surface area contributed by atoms with Crippen molar-refractivity contribution in [3.8, 4) is 5.75 Å². The average molecular weight is 391 g/mol. The number of ether oxygens (including phenoxy) is 3. The largest absolute Gasteiger partial charge is 0.465 e. The first-order valence-electron chi connectivity index (χ1n) is 9.29. The molecule has 0 amide bonds. The zero-order chi connectivity index (χ0) is 20.5. The average Bonchev–Trinajstić information content (AvgIpc) is 2.83. The van der Waals surface area contributed by atoms with Crippen LogP contribution >= 0.6 is 0 Å². The van der Waals surface area contributed by atoms with E-state index in [1.54, 1.807) is 24.1 Å². The fourth-order valence-corrected chi connectivity index (χ4v) is 3.88. The predicted molar refractivity (Wildman–Crippen MR) is 97.4 cm³/mol. The minimum Gasteiger partial charge on any atom is -0.465 e. The van der Waals surface area contributed by atoms with Gasteiger partial charge >= 0.3 is 17.9 Å². The first-order chi connectivity index (χ1) is 13.2. The molecule has 0 spiro atoms. The minimum absolute atomic E-state index is 0.0461. The van der Waals surface area contributed by atoms with E-state index in [4.69, 9.17) is 19.0 Å². The molecule has 0 aliphatic carbocycles. The molecule has 8 nitrogen and oxygen atoms in total. The highest BCUT2D eigenvalue weighted by Gasteiger charge is 2.66. The topological polar surface area (TPSA) is 91.4 Å². The molecule has 2 saturated heterocycles. The van der Waals surface area contributed by atoms with E-state index >= 15 is 0 Å². The second-order valence-electron chi connectivity index (χ2n) is 7.65. The third-order valence-electron chi connectivity index (χ3n) is 4.81. The number of fused-ring (bicyclic) bond motifs is 1. The van der Waals surface area contributed by atoms with Crippen molar-refractivity contribution in [3.05, 3.63) is 29.8 Å². The van der Waals surface area contributed by atoms with Gasteiger partial charge in [-0.25, -0.2) is 9.59 Å². The number of hydrogen-bond donors (Lipinski definition) is 0. The quantitative estimate of drug-likeness (QED) is 0.539. The molecular weight excluding hydrogens is 366 g/mol. The van der Waals surface area contributed by atoms with Gasteiger partial charge in [0.1, 0.15) is 23.5 Å². The van der Waals surface area contributed by atoms with E-state index < -0.39 is 23.1 Å². The molecule has 1 aromatic carbocycles. The van der Waals surface area contributed by atoms with Gasteiger partial charge in [-0.05, 0) is 32.9 Å². The lowest BCUT2D eigenvalue weighted by Crippen LogP contribution is -2.67. The molecule has 0 aromatic heterocycles. The number of rotatable bonds is 6. The molecule has 0 bridgehead atoms. The number of nitrogens with zero attached hydrogens (tertiary/aromatic N) is 1. The maximum atomic E-state index is 12.5. The van der Waals surface area contributed by atoms with Crippen LogP contribution in [-0.2, 0) is 23.9 Å². The second-order valence-corrected chi connectivity index (χ2v) is 7.65. The van der Waals surface area contributed by atoms with Crippen LogP contribution in [0.5, 0.6) is 5.75 Å². The van der Waals surface area contributed by atoms with Gasteiger partial charge in [0.25, 0.3) is 0 Å². The molecule has 0 N–H and O–H groups in total. The van der Waals surface area contributed by atoms with Crippen molar-refractivity contribution in [1.29, 1.82) is 0 Å². The smallest absolute Gasteiger partial charge is 0.342 e. The molecule has 152 valence electrons. The van der Waals surface area contributed by atoms with Crippen LogP contribution in [0.25, 0.3) is 0 Å². The lowest BCUT2D eigenvalue weighted by Gasteiger charge is -2.49. The van der Waals surface area contributed by atoms with Crippen molar-refractivity contribution < 1.29 is 33.4 Å². The highest BCUT2D eigenvalue weighted by molar-refractivity contribution is 5.93. The van der Waals surface area contributed by atoms with Gasteiger partial charge in [0.15, 0.2) is 0 Å². The van der Waals surface area contributed by atoms with E-state index in [1.165, 1.54) is 19.1 Å². The van der Waals surface area contributed by atoms with Crippen LogP contribution < -0.4 is 4.74 Å². The van der Waals surface area contributed by atoms with Crippen LogP contribution in [0.1, 0.15) is 50.9 Å². The van der Waals surface area contributed by atoms with Crippen LogP contribution in [0.15, 0.2) is 24.3 Å². The number of esters is 3. The summed E-state index contributed by atoms with van der Waals surface area (Å²) in [7, 11) is 0. The monoisotopic (exact) mass is 391 g/mol. The summed E-state index contributed by atoms with van der Waals surface area (Å²) in [6.07, 6.45) is 0.993. The first-order valence-corrected chi connectivity index (χ1v) is 9.29. The zero-order valence-electron chi connectivity index (χ0n) is 16.5. The molecule has 2 aliphatic heterocycles. The van der Waals surface area contributed by atoms with Crippen LogP contribution in [-0.4, -0.2) is 53.4 Å². The van der Waals surface area contributed by atoms with Crippen LogP contribution in [0, 0.1) is 0 Å². The van der Waals surface area contributed by atoms with E-state index in [0.29, 0.717) is 19.4 Å². The van der Waals surface area contributed by atoms with Gasteiger partial charge in [-0.3, -0.25) is 9.63 Å². The van der Waals surface area contributed by atoms with Crippen molar-refractivity contribution in [2.45, 2.75) is 57.7 Å². The normalized spacial score (nSPS) is 25.4. The van der Waals surface area contributed by atoms with Crippen LogP contribution in [0.3, 0.4) is 0 Å². The maximum absolute atomic E-state index is 12.5. The summed E-state index contributed by atoms with van der Waals surface area (Å²) in [4.78, 5) is 42.1. The molecule has 2 unspecified atom stereocenters. The van der Waals surface area contributed by atoms with Gasteiger partial charge in [-0.15, -0.1) is 0 Å². The minimum atomic E-state index is -0.827. The van der Waals surface area contributed by atoms with Crippen molar-refractivity contribution in [3.63, 3.8) is 0 Å². The fraction of sp³-hybridized carbons (Fsp3) is 0.550. The number of hydrogen-bond acceptors (Lipinski definition) is 8. The van der Waals surface area contributed by atoms with E-state index in [-0.39, 0.29) is 29.9 Å². The standard InChI is InChI=1S/C20H25NO7/c1-5-25-18(24)20-10-14(21(20)28-19(3,4)12-20)11-26-17(23)15-8-6-7-9-16(15)27-13(2)22/h6-9,14H,5,10-12H2,1-4H3. The van der Waals surface area contributed by atoms with E-state index in [0.717, 1.165) is 0 Å². The van der Waals surface area contributed by atoms with Gasteiger partial charge in [0, 0.05) is 19.8 Å². The summed E-state index contributed by atoms with van der Waals surface area (Å²) in [6.45, 7) is 7.18. The summed E-state index contributed by atoms with van der Waals surface area (Å²) < 4.78 is 15.7. The lowest BCUT2D eigenvalue weighted by atomic mass is 9.76. The summed E-state index contributed by atoms with van der Waals surface area (Å²) in [5.41, 5.74) is -1.17. The summed E-state index contributed by atoms with van der Waals surface area (Å²) >= 11 is 0. The molecular formula is C20H25NO7. The molecule has 0 radical (unpaired) electrons. The third kappa shape index (κ3) is 3.74. The zero-order valence-corrected chi connectivity index (χ0v) is 16.5. The molecule has 0 saturated carbocycles. The molecule has 8 heteroatoms. The Hall–Kier alpha value is -2.45. The molecule has 2 atom stereocenters. The van der Waals surface area contributed by atoms with Gasteiger partial charge in [-0.2, -0.15) is 5.06 Å². The van der Waals surface area contributed by atoms with E-state index in [2.05, 4.69) is 0 Å². The first kappa shape index (κ1) is 20.3. The Morgan fingerprint density at radius 3 is 2.61 bits per heavy atom. The van der Waals surface area contributed by atoms with E-state index in [9.17, 15) is 14.4 Å². The fourth-order valence-electron chi connectivity index (χ4n) is 3.88. The summed E-state index contributed by atoms with van der Waals surface area (Å²) in [5.74, 6) is -1.30. The predicted octanol–water partition coefficient (Wildman–Crippen LogP) is 2.26. The van der Waals surface area contributed by atoms with Crippen molar-refractivity contribution in [1.82, 2.24) is 5.06 Å².